The van der Waals surface area contributed by atoms with Gasteiger partial charge in [0.2, 0.25) is 5.69 Å². The maximum absolute atomic E-state index is 12.4. The van der Waals surface area contributed by atoms with Gasteiger partial charge in [0.1, 0.15) is 6.20 Å². The summed E-state index contributed by atoms with van der Waals surface area (Å²) >= 11 is 0. The summed E-state index contributed by atoms with van der Waals surface area (Å²) < 4.78 is 1.19. The summed E-state index contributed by atoms with van der Waals surface area (Å²) in [7, 11) is 1.48. The Hall–Kier alpha value is -3.23. The Bertz CT molecular complexity index is 772. The third kappa shape index (κ3) is 5.13. The fraction of sp³-hybridized carbons (Fsp3) is 0.312. The Balaban J connectivity index is 2.16. The average molecular weight is 346 g/mol. The lowest BCUT2D eigenvalue weighted by Gasteiger charge is -2.17. The molecule has 9 nitrogen and oxygen atoms in total. The molecule has 1 aromatic heterocycles. The Morgan fingerprint density at radius 3 is 2.64 bits per heavy atom. The minimum absolute atomic E-state index is 0.123. The van der Waals surface area contributed by atoms with E-state index >= 15 is 0 Å². The monoisotopic (exact) mass is 346 g/mol. The molecule has 2 rings (SSSR count). The van der Waals surface area contributed by atoms with Crippen LogP contribution >= 0.6 is 0 Å². The second-order valence-corrected chi connectivity index (χ2v) is 5.59. The highest BCUT2D eigenvalue weighted by Gasteiger charge is 2.26. The van der Waals surface area contributed by atoms with Crippen LogP contribution in [0.4, 0.5) is 5.69 Å². The summed E-state index contributed by atoms with van der Waals surface area (Å²) in [5, 5.41) is 26.4. The first-order chi connectivity index (χ1) is 11.9. The molecule has 2 N–H and O–H groups in total. The van der Waals surface area contributed by atoms with Crippen LogP contribution in [-0.4, -0.2) is 37.7 Å². The van der Waals surface area contributed by atoms with Crippen LogP contribution in [0, 0.1) is 10.1 Å². The highest BCUT2D eigenvalue weighted by Crippen LogP contribution is 2.17. The highest BCUT2D eigenvalue weighted by atomic mass is 16.6. The van der Waals surface area contributed by atoms with E-state index in [4.69, 9.17) is 5.11 Å². The number of aryl methyl sites for hydroxylation is 1. The van der Waals surface area contributed by atoms with Crippen LogP contribution < -0.4 is 5.32 Å². The number of aromatic nitrogens is 2. The van der Waals surface area contributed by atoms with Gasteiger partial charge in [0, 0.05) is 19.5 Å². The van der Waals surface area contributed by atoms with Gasteiger partial charge in [-0.1, -0.05) is 30.3 Å². The van der Waals surface area contributed by atoms with Gasteiger partial charge in [-0.25, -0.2) is 0 Å². The predicted octanol–water partition coefficient (Wildman–Crippen LogP) is 1.53. The predicted molar refractivity (Wildman–Crippen MR) is 88.1 cm³/mol. The van der Waals surface area contributed by atoms with Crippen molar-refractivity contribution in [2.75, 3.05) is 0 Å². The number of nitrogens with one attached hydrogen (secondary N) is 1. The van der Waals surface area contributed by atoms with E-state index in [2.05, 4.69) is 10.4 Å². The fourth-order valence-corrected chi connectivity index (χ4v) is 2.45. The molecule has 0 saturated heterocycles. The van der Waals surface area contributed by atoms with Gasteiger partial charge >= 0.3 is 11.7 Å². The van der Waals surface area contributed by atoms with Crippen LogP contribution in [0.2, 0.25) is 0 Å². The number of nitrogens with zero attached hydrogens (tertiary/aromatic N) is 3. The average Bonchev–Trinajstić information content (AvgIpc) is 2.96. The van der Waals surface area contributed by atoms with Crippen molar-refractivity contribution >= 4 is 17.6 Å². The molecule has 0 spiro atoms. The molecule has 1 atom stereocenters. The number of carbonyl (C=O) groups excluding carboxylic acids is 1. The molecule has 0 saturated carbocycles. The molecule has 25 heavy (non-hydrogen) atoms. The Morgan fingerprint density at radius 1 is 1.36 bits per heavy atom. The smallest absolute Gasteiger partial charge is 0.320 e. The van der Waals surface area contributed by atoms with Gasteiger partial charge in [-0.2, -0.15) is 5.10 Å². The molecule has 1 amide bonds. The SMILES string of the molecule is Cn1cc([N+](=O)[O-])c(C(=O)NC(CCC(=O)O)Cc2ccccc2)n1. The summed E-state index contributed by atoms with van der Waals surface area (Å²) in [6, 6.07) is 8.79. The van der Waals surface area contributed by atoms with Crippen LogP contribution in [0.5, 0.6) is 0 Å². The number of hydrogen-bond donors (Lipinski definition) is 2. The summed E-state index contributed by atoms with van der Waals surface area (Å²) in [5.41, 5.74) is 0.242. The zero-order chi connectivity index (χ0) is 18.4. The number of nitro groups is 1. The molecule has 0 aliphatic carbocycles. The van der Waals surface area contributed by atoms with Crippen molar-refractivity contribution < 1.29 is 19.6 Å². The van der Waals surface area contributed by atoms with Gasteiger partial charge in [0.25, 0.3) is 5.91 Å². The van der Waals surface area contributed by atoms with E-state index in [1.165, 1.54) is 11.7 Å². The zero-order valence-electron chi connectivity index (χ0n) is 13.6. The number of carbonyl (C=O) groups is 2. The molecule has 0 fully saturated rings. The van der Waals surface area contributed by atoms with Gasteiger partial charge < -0.3 is 10.4 Å². The van der Waals surface area contributed by atoms with Crippen LogP contribution in [0.1, 0.15) is 28.9 Å². The van der Waals surface area contributed by atoms with E-state index in [0.717, 1.165) is 11.8 Å². The molecule has 0 radical (unpaired) electrons. The molecule has 2 aromatic rings. The van der Waals surface area contributed by atoms with Gasteiger partial charge in [-0.05, 0) is 18.4 Å². The minimum Gasteiger partial charge on any atom is -0.481 e. The molecule has 1 unspecified atom stereocenters. The van der Waals surface area contributed by atoms with E-state index in [1.807, 2.05) is 30.3 Å². The zero-order valence-corrected chi connectivity index (χ0v) is 13.6. The highest BCUT2D eigenvalue weighted by molar-refractivity contribution is 5.96. The minimum atomic E-state index is -0.976. The standard InChI is InChI=1S/C16H18N4O5/c1-19-10-13(20(24)25)15(18-19)16(23)17-12(7-8-14(21)22)9-11-5-3-2-4-6-11/h2-6,10,12H,7-9H2,1H3,(H,17,23)(H,21,22). The molecular formula is C16H18N4O5. The first-order valence-corrected chi connectivity index (χ1v) is 7.61. The molecule has 132 valence electrons. The summed E-state index contributed by atoms with van der Waals surface area (Å²) in [5.74, 6) is -1.67. The molecule has 0 bridgehead atoms. The Labute approximate surface area is 143 Å². The topological polar surface area (TPSA) is 127 Å². The third-order valence-electron chi connectivity index (χ3n) is 3.59. The van der Waals surface area contributed by atoms with Crippen molar-refractivity contribution in [2.24, 2.45) is 7.05 Å². The van der Waals surface area contributed by atoms with E-state index in [-0.39, 0.29) is 18.5 Å². The van der Waals surface area contributed by atoms with Crippen LogP contribution in [-0.2, 0) is 18.3 Å². The lowest BCUT2D eigenvalue weighted by Crippen LogP contribution is -2.37. The van der Waals surface area contributed by atoms with Crippen LogP contribution in [0.3, 0.4) is 0 Å². The molecule has 0 aliphatic rings. The van der Waals surface area contributed by atoms with Gasteiger partial charge in [0.05, 0.1) is 4.92 Å². The van der Waals surface area contributed by atoms with Gasteiger partial charge in [0.15, 0.2) is 0 Å². The number of amides is 1. The first kappa shape index (κ1) is 18.1. The largest absolute Gasteiger partial charge is 0.481 e. The molecule has 9 heteroatoms. The number of carboxylic acid groups (broad SMARTS) is 1. The van der Waals surface area contributed by atoms with E-state index in [9.17, 15) is 19.7 Å². The number of aliphatic carboxylic acids is 1. The lowest BCUT2D eigenvalue weighted by molar-refractivity contribution is -0.385. The lowest BCUT2D eigenvalue weighted by atomic mass is 10.0. The van der Waals surface area contributed by atoms with E-state index in [1.54, 1.807) is 0 Å². The normalized spacial score (nSPS) is 11.7. The van der Waals surface area contributed by atoms with Gasteiger partial charge in [-0.15, -0.1) is 0 Å². The Morgan fingerprint density at radius 2 is 2.04 bits per heavy atom. The molecule has 1 aromatic carbocycles. The Kier molecular flexibility index (Phi) is 5.83. The van der Waals surface area contributed by atoms with Crippen LogP contribution in [0.15, 0.2) is 36.5 Å². The van der Waals surface area contributed by atoms with Crippen molar-refractivity contribution in [1.82, 2.24) is 15.1 Å². The van der Waals surface area contributed by atoms with Crippen molar-refractivity contribution in [3.8, 4) is 0 Å². The number of benzene rings is 1. The van der Waals surface area contributed by atoms with Crippen molar-refractivity contribution in [1.29, 1.82) is 0 Å². The quantitative estimate of drug-likeness (QED) is 0.551. The maximum atomic E-state index is 12.4. The van der Waals surface area contributed by atoms with E-state index in [0.29, 0.717) is 6.42 Å². The maximum Gasteiger partial charge on any atom is 0.320 e. The molecule has 0 aliphatic heterocycles. The van der Waals surface area contributed by atoms with Crippen molar-refractivity contribution in [3.63, 3.8) is 0 Å². The second kappa shape index (κ2) is 8.04. The number of carboxylic acids is 1. The number of rotatable bonds is 8. The van der Waals surface area contributed by atoms with Crippen LogP contribution in [0.25, 0.3) is 0 Å². The van der Waals surface area contributed by atoms with Crippen molar-refractivity contribution in [2.45, 2.75) is 25.3 Å². The summed E-state index contributed by atoms with van der Waals surface area (Å²) in [4.78, 5) is 33.6. The van der Waals surface area contributed by atoms with Crippen molar-refractivity contribution in [3.05, 3.63) is 57.9 Å². The summed E-state index contributed by atoms with van der Waals surface area (Å²) in [6.07, 6.45) is 1.65. The second-order valence-electron chi connectivity index (χ2n) is 5.59. The fourth-order valence-electron chi connectivity index (χ4n) is 2.45. The molecular weight excluding hydrogens is 328 g/mol. The first-order valence-electron chi connectivity index (χ1n) is 7.61. The summed E-state index contributed by atoms with van der Waals surface area (Å²) in [6.45, 7) is 0. The van der Waals surface area contributed by atoms with Gasteiger partial charge in [-0.3, -0.25) is 24.4 Å². The molecule has 1 heterocycles. The third-order valence-corrected chi connectivity index (χ3v) is 3.59. The number of hydrogen-bond acceptors (Lipinski definition) is 5. The van der Waals surface area contributed by atoms with E-state index < -0.39 is 28.5 Å².